The molecule has 0 unspecified atom stereocenters. The largest absolute Gasteiger partial charge is 0.351 e. The lowest BCUT2D eigenvalue weighted by molar-refractivity contribution is 0.0948. The molecule has 3 rings (SSSR count). The standard InChI is InChI=1S/C15H17N5OS2/c1-10-17-11(2)20(19-10)7-4-6-16-14(21)12-9-23-15(18-12)13-5-3-8-22-13/h3,5,8-9H,4,6-7H2,1-2H3,(H,16,21). The van der Waals surface area contributed by atoms with Crippen molar-refractivity contribution in [1.82, 2.24) is 25.1 Å². The molecule has 1 amide bonds. The number of aromatic nitrogens is 4. The Balaban J connectivity index is 1.49. The van der Waals surface area contributed by atoms with Crippen LogP contribution in [0.4, 0.5) is 0 Å². The molecule has 0 fully saturated rings. The van der Waals surface area contributed by atoms with Gasteiger partial charge in [-0.2, -0.15) is 5.10 Å². The average molecular weight is 347 g/mol. The van der Waals surface area contributed by atoms with Crippen LogP contribution < -0.4 is 5.32 Å². The first-order chi connectivity index (χ1) is 11.1. The van der Waals surface area contributed by atoms with E-state index in [1.54, 1.807) is 16.7 Å². The van der Waals surface area contributed by atoms with Crippen molar-refractivity contribution in [3.63, 3.8) is 0 Å². The Labute approximate surface area is 142 Å². The zero-order chi connectivity index (χ0) is 16.2. The minimum Gasteiger partial charge on any atom is -0.351 e. The van der Waals surface area contributed by atoms with Crippen LogP contribution in [0.5, 0.6) is 0 Å². The van der Waals surface area contributed by atoms with Crippen LogP contribution in [0.2, 0.25) is 0 Å². The molecule has 0 aliphatic rings. The van der Waals surface area contributed by atoms with E-state index in [4.69, 9.17) is 0 Å². The lowest BCUT2D eigenvalue weighted by Crippen LogP contribution is -2.25. The highest BCUT2D eigenvalue weighted by Gasteiger charge is 2.12. The summed E-state index contributed by atoms with van der Waals surface area (Å²) in [6.45, 7) is 5.13. The summed E-state index contributed by atoms with van der Waals surface area (Å²) in [4.78, 5) is 21.9. The van der Waals surface area contributed by atoms with Crippen LogP contribution in [-0.2, 0) is 6.54 Å². The normalized spacial score (nSPS) is 10.9. The van der Waals surface area contributed by atoms with Gasteiger partial charge in [0.05, 0.1) is 4.88 Å². The average Bonchev–Trinajstić information content (AvgIpc) is 3.24. The van der Waals surface area contributed by atoms with Crippen molar-refractivity contribution in [2.45, 2.75) is 26.8 Å². The van der Waals surface area contributed by atoms with Gasteiger partial charge in [0.2, 0.25) is 0 Å². The number of aryl methyl sites for hydroxylation is 3. The molecule has 120 valence electrons. The highest BCUT2D eigenvalue weighted by atomic mass is 32.1. The van der Waals surface area contributed by atoms with Crippen LogP contribution in [0.25, 0.3) is 9.88 Å². The number of thiazole rings is 1. The van der Waals surface area contributed by atoms with Gasteiger partial charge in [-0.1, -0.05) is 6.07 Å². The molecule has 1 N–H and O–H groups in total. The van der Waals surface area contributed by atoms with E-state index in [0.29, 0.717) is 12.2 Å². The summed E-state index contributed by atoms with van der Waals surface area (Å²) in [6.07, 6.45) is 0.803. The fourth-order valence-electron chi connectivity index (χ4n) is 2.19. The van der Waals surface area contributed by atoms with Crippen LogP contribution in [0.1, 0.15) is 28.6 Å². The molecule has 0 saturated heterocycles. The van der Waals surface area contributed by atoms with Crippen LogP contribution in [0.15, 0.2) is 22.9 Å². The molecule has 8 heteroatoms. The Kier molecular flexibility index (Phi) is 4.82. The number of hydrogen-bond acceptors (Lipinski definition) is 6. The molecule has 0 bridgehead atoms. The number of thiophene rings is 1. The summed E-state index contributed by atoms with van der Waals surface area (Å²) >= 11 is 3.12. The molecule has 6 nitrogen and oxygen atoms in total. The summed E-state index contributed by atoms with van der Waals surface area (Å²) in [5.41, 5.74) is 0.478. The first-order valence-electron chi connectivity index (χ1n) is 7.29. The predicted octanol–water partition coefficient (Wildman–Crippen LogP) is 2.90. The number of carbonyl (C=O) groups is 1. The molecule has 0 spiro atoms. The zero-order valence-electron chi connectivity index (χ0n) is 12.9. The van der Waals surface area contributed by atoms with E-state index >= 15 is 0 Å². The number of nitrogens with zero attached hydrogens (tertiary/aromatic N) is 4. The number of carbonyl (C=O) groups excluding carboxylic acids is 1. The number of amides is 1. The molecule has 0 saturated carbocycles. The second kappa shape index (κ2) is 7.01. The summed E-state index contributed by atoms with van der Waals surface area (Å²) in [5, 5.41) is 11.9. The SMILES string of the molecule is Cc1nc(C)n(CCCNC(=O)c2csc(-c3cccs3)n2)n1. The Morgan fingerprint density at radius 3 is 2.87 bits per heavy atom. The fourth-order valence-corrected chi connectivity index (χ4v) is 3.80. The van der Waals surface area contributed by atoms with E-state index in [9.17, 15) is 4.79 Å². The van der Waals surface area contributed by atoms with E-state index in [1.807, 2.05) is 36.0 Å². The summed E-state index contributed by atoms with van der Waals surface area (Å²) in [5.74, 6) is 1.54. The van der Waals surface area contributed by atoms with Gasteiger partial charge in [-0.25, -0.2) is 9.97 Å². The zero-order valence-corrected chi connectivity index (χ0v) is 14.6. The van der Waals surface area contributed by atoms with Crippen molar-refractivity contribution in [2.75, 3.05) is 6.54 Å². The molecule has 0 aromatic carbocycles. The van der Waals surface area contributed by atoms with Crippen molar-refractivity contribution < 1.29 is 4.79 Å². The maximum atomic E-state index is 12.1. The highest BCUT2D eigenvalue weighted by molar-refractivity contribution is 7.20. The lowest BCUT2D eigenvalue weighted by Gasteiger charge is -2.04. The fraction of sp³-hybridized carbons (Fsp3) is 0.333. The molecule has 3 heterocycles. The Morgan fingerprint density at radius 1 is 1.30 bits per heavy atom. The number of nitrogens with one attached hydrogen (secondary N) is 1. The lowest BCUT2D eigenvalue weighted by atomic mass is 10.4. The minimum absolute atomic E-state index is 0.129. The predicted molar refractivity (Wildman–Crippen MR) is 91.9 cm³/mol. The van der Waals surface area contributed by atoms with E-state index in [2.05, 4.69) is 20.4 Å². The smallest absolute Gasteiger partial charge is 0.270 e. The van der Waals surface area contributed by atoms with Gasteiger partial charge < -0.3 is 5.32 Å². The van der Waals surface area contributed by atoms with Crippen molar-refractivity contribution in [3.05, 3.63) is 40.2 Å². The quantitative estimate of drug-likeness (QED) is 0.696. The van der Waals surface area contributed by atoms with Gasteiger partial charge in [0, 0.05) is 18.5 Å². The van der Waals surface area contributed by atoms with E-state index in [1.165, 1.54) is 11.3 Å². The van der Waals surface area contributed by atoms with Crippen molar-refractivity contribution >= 4 is 28.6 Å². The molecule has 0 aliphatic heterocycles. The van der Waals surface area contributed by atoms with Gasteiger partial charge in [-0.15, -0.1) is 22.7 Å². The highest BCUT2D eigenvalue weighted by Crippen LogP contribution is 2.27. The van der Waals surface area contributed by atoms with Crippen molar-refractivity contribution in [1.29, 1.82) is 0 Å². The first kappa shape index (κ1) is 15.8. The summed E-state index contributed by atoms with van der Waals surface area (Å²) < 4.78 is 1.86. The third-order valence-electron chi connectivity index (χ3n) is 3.26. The van der Waals surface area contributed by atoms with Gasteiger partial charge in [0.15, 0.2) is 0 Å². The third-order valence-corrected chi connectivity index (χ3v) is 5.14. The van der Waals surface area contributed by atoms with E-state index in [0.717, 1.165) is 34.5 Å². The van der Waals surface area contributed by atoms with Crippen LogP contribution in [0.3, 0.4) is 0 Å². The van der Waals surface area contributed by atoms with Crippen molar-refractivity contribution in [2.24, 2.45) is 0 Å². The first-order valence-corrected chi connectivity index (χ1v) is 9.05. The third kappa shape index (κ3) is 3.83. The summed E-state index contributed by atoms with van der Waals surface area (Å²) in [6, 6.07) is 3.99. The number of rotatable bonds is 6. The molecule has 23 heavy (non-hydrogen) atoms. The maximum absolute atomic E-state index is 12.1. The Morgan fingerprint density at radius 2 is 2.17 bits per heavy atom. The summed E-state index contributed by atoms with van der Waals surface area (Å²) in [7, 11) is 0. The van der Waals surface area contributed by atoms with Crippen LogP contribution in [-0.4, -0.2) is 32.2 Å². The molecular weight excluding hydrogens is 330 g/mol. The molecule has 0 atom stereocenters. The topological polar surface area (TPSA) is 72.7 Å². The minimum atomic E-state index is -0.129. The monoisotopic (exact) mass is 347 g/mol. The van der Waals surface area contributed by atoms with Crippen LogP contribution in [0, 0.1) is 13.8 Å². The van der Waals surface area contributed by atoms with Gasteiger partial charge >= 0.3 is 0 Å². The second-order valence-electron chi connectivity index (χ2n) is 5.05. The van der Waals surface area contributed by atoms with Gasteiger partial charge in [-0.05, 0) is 31.7 Å². The van der Waals surface area contributed by atoms with E-state index < -0.39 is 0 Å². The maximum Gasteiger partial charge on any atom is 0.270 e. The molecule has 3 aromatic heterocycles. The van der Waals surface area contributed by atoms with Crippen LogP contribution >= 0.6 is 22.7 Å². The molecule has 0 aliphatic carbocycles. The van der Waals surface area contributed by atoms with Crippen molar-refractivity contribution in [3.8, 4) is 9.88 Å². The van der Waals surface area contributed by atoms with Gasteiger partial charge in [0.1, 0.15) is 22.4 Å². The van der Waals surface area contributed by atoms with Gasteiger partial charge in [0.25, 0.3) is 5.91 Å². The molecular formula is C15H17N5OS2. The van der Waals surface area contributed by atoms with E-state index in [-0.39, 0.29) is 5.91 Å². The van der Waals surface area contributed by atoms with Gasteiger partial charge in [-0.3, -0.25) is 9.48 Å². The molecule has 0 radical (unpaired) electrons. The molecule has 3 aromatic rings. The Bertz CT molecular complexity index is 791. The Hall–Kier alpha value is -2.06. The number of hydrogen-bond donors (Lipinski definition) is 1. The second-order valence-corrected chi connectivity index (χ2v) is 6.86.